The van der Waals surface area contributed by atoms with Crippen LogP contribution >= 0.6 is 15.9 Å². The molecule has 2 aromatic rings. The summed E-state index contributed by atoms with van der Waals surface area (Å²) in [5.74, 6) is 0.194. The van der Waals surface area contributed by atoms with Crippen LogP contribution in [-0.2, 0) is 12.6 Å². The highest BCUT2D eigenvalue weighted by molar-refractivity contribution is 9.10. The third-order valence-electron chi connectivity index (χ3n) is 3.43. The van der Waals surface area contributed by atoms with Gasteiger partial charge in [0.25, 0.3) is 0 Å². The molecule has 1 aromatic carbocycles. The van der Waals surface area contributed by atoms with E-state index in [1.54, 1.807) is 0 Å². The first-order valence-corrected chi connectivity index (χ1v) is 6.91. The lowest BCUT2D eigenvalue weighted by atomic mass is 10.1. The van der Waals surface area contributed by atoms with Gasteiger partial charge in [-0.25, -0.2) is 0 Å². The molecule has 0 radical (unpaired) electrons. The van der Waals surface area contributed by atoms with Crippen LogP contribution in [0, 0.1) is 0 Å². The Labute approximate surface area is 121 Å². The number of hydrogen-bond donors (Lipinski definition) is 2. The van der Waals surface area contributed by atoms with Gasteiger partial charge in [0.2, 0.25) is 0 Å². The molecule has 1 aliphatic rings. The Hall–Kier alpha value is -1.50. The molecule has 0 saturated carbocycles. The minimum absolute atomic E-state index is 0.00752. The summed E-state index contributed by atoms with van der Waals surface area (Å²) in [7, 11) is 0. The summed E-state index contributed by atoms with van der Waals surface area (Å²) in [6, 6.07) is 7.92. The predicted molar refractivity (Wildman–Crippen MR) is 72.4 cm³/mol. The molecule has 0 fully saturated rings. The van der Waals surface area contributed by atoms with Crippen molar-refractivity contribution in [2.24, 2.45) is 0 Å². The van der Waals surface area contributed by atoms with E-state index in [2.05, 4.69) is 26.3 Å². The number of anilines is 1. The highest BCUT2D eigenvalue weighted by Crippen LogP contribution is 2.39. The molecular weight excluding hydrogens is 335 g/mol. The zero-order chi connectivity index (χ0) is 14.3. The second-order valence-electron chi connectivity index (χ2n) is 4.69. The van der Waals surface area contributed by atoms with Crippen molar-refractivity contribution in [3.8, 4) is 0 Å². The number of aromatic amines is 1. The van der Waals surface area contributed by atoms with Crippen LogP contribution in [0.1, 0.15) is 29.3 Å². The van der Waals surface area contributed by atoms with E-state index in [1.165, 1.54) is 5.56 Å². The molecular formula is C13H11BrF3N3. The lowest BCUT2D eigenvalue weighted by Gasteiger charge is -2.13. The van der Waals surface area contributed by atoms with Crippen LogP contribution in [0.25, 0.3) is 0 Å². The van der Waals surface area contributed by atoms with Crippen LogP contribution in [0.3, 0.4) is 0 Å². The molecule has 1 atom stereocenters. The first-order valence-electron chi connectivity index (χ1n) is 6.12. The van der Waals surface area contributed by atoms with Gasteiger partial charge < -0.3 is 5.32 Å². The molecule has 0 spiro atoms. The maximum Gasteiger partial charge on any atom is 0.434 e. The van der Waals surface area contributed by atoms with Gasteiger partial charge in [-0.3, -0.25) is 5.10 Å². The Kier molecular flexibility index (Phi) is 3.24. The summed E-state index contributed by atoms with van der Waals surface area (Å²) >= 11 is 2.96. The fraction of sp³-hybridized carbons (Fsp3) is 0.308. The van der Waals surface area contributed by atoms with E-state index < -0.39 is 11.9 Å². The molecule has 3 rings (SSSR count). The van der Waals surface area contributed by atoms with Crippen molar-refractivity contribution in [3.63, 3.8) is 0 Å². The van der Waals surface area contributed by atoms with E-state index >= 15 is 0 Å². The number of nitrogens with zero attached hydrogens (tertiary/aromatic N) is 1. The molecule has 1 heterocycles. The molecule has 0 amide bonds. The van der Waals surface area contributed by atoms with Crippen molar-refractivity contribution in [2.45, 2.75) is 25.1 Å². The Morgan fingerprint density at radius 3 is 2.75 bits per heavy atom. The van der Waals surface area contributed by atoms with E-state index in [-0.39, 0.29) is 16.3 Å². The minimum Gasteiger partial charge on any atom is -0.361 e. The molecule has 1 aliphatic carbocycles. The SMILES string of the molecule is FC(F)(F)c1[nH]nc(NC2CCc3ccccc32)c1Br. The van der Waals surface area contributed by atoms with Gasteiger partial charge in [-0.1, -0.05) is 24.3 Å². The molecule has 20 heavy (non-hydrogen) atoms. The zero-order valence-corrected chi connectivity index (χ0v) is 11.8. The van der Waals surface area contributed by atoms with Crippen molar-refractivity contribution >= 4 is 21.7 Å². The number of H-pyrrole nitrogens is 1. The van der Waals surface area contributed by atoms with Crippen LogP contribution in [-0.4, -0.2) is 10.2 Å². The van der Waals surface area contributed by atoms with Gasteiger partial charge in [0.15, 0.2) is 11.5 Å². The number of benzene rings is 1. The van der Waals surface area contributed by atoms with Gasteiger partial charge in [-0.2, -0.15) is 18.3 Å². The number of alkyl halides is 3. The van der Waals surface area contributed by atoms with Gasteiger partial charge in [0.05, 0.1) is 10.5 Å². The number of hydrogen-bond acceptors (Lipinski definition) is 2. The minimum atomic E-state index is -4.45. The third kappa shape index (κ3) is 2.30. The molecule has 0 aliphatic heterocycles. The molecule has 2 N–H and O–H groups in total. The second kappa shape index (κ2) is 4.80. The van der Waals surface area contributed by atoms with Gasteiger partial charge in [-0.15, -0.1) is 0 Å². The number of aromatic nitrogens is 2. The van der Waals surface area contributed by atoms with Crippen LogP contribution < -0.4 is 5.32 Å². The zero-order valence-electron chi connectivity index (χ0n) is 10.3. The van der Waals surface area contributed by atoms with Crippen LogP contribution in [0.2, 0.25) is 0 Å². The van der Waals surface area contributed by atoms with Crippen LogP contribution in [0.4, 0.5) is 19.0 Å². The molecule has 106 valence electrons. The summed E-state index contributed by atoms with van der Waals surface area (Å²) in [4.78, 5) is 0. The van der Waals surface area contributed by atoms with Crippen LogP contribution in [0.5, 0.6) is 0 Å². The van der Waals surface area contributed by atoms with E-state index in [0.29, 0.717) is 0 Å². The number of fused-ring (bicyclic) bond motifs is 1. The summed E-state index contributed by atoms with van der Waals surface area (Å²) in [6.07, 6.45) is -2.68. The van der Waals surface area contributed by atoms with Crippen molar-refractivity contribution in [1.82, 2.24) is 10.2 Å². The third-order valence-corrected chi connectivity index (χ3v) is 4.21. The van der Waals surface area contributed by atoms with E-state index in [0.717, 1.165) is 18.4 Å². The van der Waals surface area contributed by atoms with E-state index in [1.807, 2.05) is 29.4 Å². The first kappa shape index (κ1) is 13.5. The van der Waals surface area contributed by atoms with Gasteiger partial charge in [0.1, 0.15) is 0 Å². The molecule has 0 bridgehead atoms. The lowest BCUT2D eigenvalue weighted by molar-refractivity contribution is -0.141. The lowest BCUT2D eigenvalue weighted by Crippen LogP contribution is -2.08. The molecule has 7 heteroatoms. The highest BCUT2D eigenvalue weighted by Gasteiger charge is 2.37. The fourth-order valence-electron chi connectivity index (χ4n) is 2.48. The monoisotopic (exact) mass is 345 g/mol. The maximum atomic E-state index is 12.7. The summed E-state index contributed by atoms with van der Waals surface area (Å²) in [5.41, 5.74) is 1.48. The first-order chi connectivity index (χ1) is 9.47. The maximum absolute atomic E-state index is 12.7. The van der Waals surface area contributed by atoms with Gasteiger partial charge >= 0.3 is 6.18 Å². The molecule has 1 unspecified atom stereocenters. The van der Waals surface area contributed by atoms with Crippen molar-refractivity contribution in [3.05, 3.63) is 45.6 Å². The Morgan fingerprint density at radius 2 is 2.05 bits per heavy atom. The number of nitrogens with one attached hydrogen (secondary N) is 2. The van der Waals surface area contributed by atoms with Gasteiger partial charge in [-0.05, 0) is 39.9 Å². The molecule has 0 saturated heterocycles. The predicted octanol–water partition coefficient (Wildman–Crippen LogP) is 4.29. The van der Waals surface area contributed by atoms with Crippen LogP contribution in [0.15, 0.2) is 28.7 Å². The standard InChI is InChI=1S/C13H11BrF3N3/c14-10-11(13(15,16)17)19-20-12(10)18-9-6-5-7-3-1-2-4-8(7)9/h1-4,9H,5-6H2,(H2,18,19,20). The fourth-order valence-corrected chi connectivity index (χ4v) is 3.00. The van der Waals surface area contributed by atoms with E-state index in [4.69, 9.17) is 0 Å². The Bertz CT molecular complexity index is 636. The number of aryl methyl sites for hydroxylation is 1. The Morgan fingerprint density at radius 1 is 1.30 bits per heavy atom. The smallest absolute Gasteiger partial charge is 0.361 e. The van der Waals surface area contributed by atoms with Crippen molar-refractivity contribution < 1.29 is 13.2 Å². The summed E-state index contributed by atoms with van der Waals surface area (Å²) in [6.45, 7) is 0. The quantitative estimate of drug-likeness (QED) is 0.852. The molecule has 1 aromatic heterocycles. The average Bonchev–Trinajstić information content (AvgIpc) is 2.95. The van der Waals surface area contributed by atoms with Crippen molar-refractivity contribution in [1.29, 1.82) is 0 Å². The van der Waals surface area contributed by atoms with Crippen molar-refractivity contribution in [2.75, 3.05) is 5.32 Å². The Balaban J connectivity index is 1.85. The summed E-state index contributed by atoms with van der Waals surface area (Å²) in [5, 5.41) is 8.81. The second-order valence-corrected chi connectivity index (χ2v) is 5.49. The largest absolute Gasteiger partial charge is 0.434 e. The topological polar surface area (TPSA) is 40.7 Å². The van der Waals surface area contributed by atoms with E-state index in [9.17, 15) is 13.2 Å². The average molecular weight is 346 g/mol. The number of rotatable bonds is 2. The normalized spacial score (nSPS) is 18.1. The highest BCUT2D eigenvalue weighted by atomic mass is 79.9. The summed E-state index contributed by atoms with van der Waals surface area (Å²) < 4.78 is 38.0. The van der Waals surface area contributed by atoms with Gasteiger partial charge in [0, 0.05) is 0 Å². The number of halogens is 4. The molecule has 3 nitrogen and oxygen atoms in total.